The van der Waals surface area contributed by atoms with Gasteiger partial charge in [-0.3, -0.25) is 14.4 Å². The van der Waals surface area contributed by atoms with Crippen molar-refractivity contribution in [2.75, 3.05) is 13.2 Å². The number of allylic oxidation sites excluding steroid dienone is 20. The number of carbonyl (C=O) groups excluding carboxylic acids is 3. The van der Waals surface area contributed by atoms with Crippen LogP contribution in [0.1, 0.15) is 220 Å². The number of rotatable bonds is 46. The largest absolute Gasteiger partial charge is 0.462 e. The molecule has 0 spiro atoms. The van der Waals surface area contributed by atoms with Crippen molar-refractivity contribution in [3.63, 3.8) is 0 Å². The first-order valence-electron chi connectivity index (χ1n) is 26.5. The van der Waals surface area contributed by atoms with Crippen LogP contribution in [0.5, 0.6) is 0 Å². The lowest BCUT2D eigenvalue weighted by Gasteiger charge is -2.18. The molecule has 0 heterocycles. The molecule has 1 unspecified atom stereocenters. The van der Waals surface area contributed by atoms with E-state index in [0.29, 0.717) is 19.3 Å². The number of carbonyl (C=O) groups is 3. The summed E-state index contributed by atoms with van der Waals surface area (Å²) in [6.07, 6.45) is 73.5. The average Bonchev–Trinajstić information content (AvgIpc) is 3.31. The lowest BCUT2D eigenvalue weighted by molar-refractivity contribution is -0.167. The lowest BCUT2D eigenvalue weighted by Crippen LogP contribution is -2.30. The molecule has 0 radical (unpaired) electrons. The third-order valence-corrected chi connectivity index (χ3v) is 10.7. The molecule has 0 N–H and O–H groups in total. The maximum absolute atomic E-state index is 12.8. The molecule has 0 aromatic carbocycles. The molecule has 6 nitrogen and oxygen atoms in total. The summed E-state index contributed by atoms with van der Waals surface area (Å²) in [6, 6.07) is 0. The Morgan fingerprint density at radius 2 is 0.591 bits per heavy atom. The highest BCUT2D eigenvalue weighted by atomic mass is 16.6. The molecule has 0 aliphatic heterocycles. The Kier molecular flexibility index (Phi) is 50.0. The number of hydrogen-bond donors (Lipinski definition) is 0. The molecular weight excluding hydrogens is 817 g/mol. The molecule has 0 aromatic rings. The Morgan fingerprint density at radius 3 is 0.924 bits per heavy atom. The topological polar surface area (TPSA) is 78.9 Å². The molecule has 0 rings (SSSR count). The van der Waals surface area contributed by atoms with Gasteiger partial charge in [-0.1, -0.05) is 213 Å². The minimum Gasteiger partial charge on any atom is -0.462 e. The summed E-state index contributed by atoms with van der Waals surface area (Å²) >= 11 is 0. The highest BCUT2D eigenvalue weighted by molar-refractivity contribution is 5.71. The van der Waals surface area contributed by atoms with Gasteiger partial charge in [0.25, 0.3) is 0 Å². The summed E-state index contributed by atoms with van der Waals surface area (Å²) in [5.74, 6) is -0.952. The molecule has 0 saturated heterocycles. The normalized spacial score (nSPS) is 13.1. The van der Waals surface area contributed by atoms with Crippen molar-refractivity contribution in [3.05, 3.63) is 122 Å². The van der Waals surface area contributed by atoms with E-state index in [1.54, 1.807) is 0 Å². The zero-order valence-corrected chi connectivity index (χ0v) is 42.4. The fraction of sp³-hybridized carbons (Fsp3) is 0.617. The van der Waals surface area contributed by atoms with Crippen LogP contribution in [-0.2, 0) is 28.6 Å². The third-order valence-electron chi connectivity index (χ3n) is 10.7. The van der Waals surface area contributed by atoms with Crippen LogP contribution in [0.2, 0.25) is 0 Å². The summed E-state index contributed by atoms with van der Waals surface area (Å²) in [4.78, 5) is 37.8. The van der Waals surface area contributed by atoms with Crippen molar-refractivity contribution >= 4 is 17.9 Å². The van der Waals surface area contributed by atoms with E-state index in [4.69, 9.17) is 14.2 Å². The quantitative estimate of drug-likeness (QED) is 0.0262. The van der Waals surface area contributed by atoms with Gasteiger partial charge in [-0.15, -0.1) is 0 Å². The van der Waals surface area contributed by atoms with Crippen molar-refractivity contribution in [2.24, 2.45) is 0 Å². The first-order valence-corrected chi connectivity index (χ1v) is 26.5. The molecule has 0 saturated carbocycles. The Bertz CT molecular complexity index is 1420. The molecular formula is C60H96O6. The maximum atomic E-state index is 12.8. The second kappa shape index (κ2) is 53.4. The number of hydrogen-bond acceptors (Lipinski definition) is 6. The Balaban J connectivity index is 4.30. The van der Waals surface area contributed by atoms with Gasteiger partial charge in [0.05, 0.1) is 0 Å². The van der Waals surface area contributed by atoms with Crippen LogP contribution in [0.25, 0.3) is 0 Å². The van der Waals surface area contributed by atoms with Crippen molar-refractivity contribution in [1.29, 1.82) is 0 Å². The Hall–Kier alpha value is -4.19. The van der Waals surface area contributed by atoms with Gasteiger partial charge in [0.15, 0.2) is 6.10 Å². The van der Waals surface area contributed by atoms with Crippen LogP contribution in [0.15, 0.2) is 122 Å². The second-order valence-corrected chi connectivity index (χ2v) is 17.0. The zero-order chi connectivity index (χ0) is 47.9. The van der Waals surface area contributed by atoms with E-state index in [-0.39, 0.29) is 31.1 Å². The van der Waals surface area contributed by atoms with Gasteiger partial charge in [0.1, 0.15) is 13.2 Å². The van der Waals surface area contributed by atoms with Crippen molar-refractivity contribution in [3.8, 4) is 0 Å². The van der Waals surface area contributed by atoms with Crippen molar-refractivity contribution < 1.29 is 28.6 Å². The summed E-state index contributed by atoms with van der Waals surface area (Å²) in [5.41, 5.74) is 0. The van der Waals surface area contributed by atoms with Crippen LogP contribution in [0, 0.1) is 0 Å². The van der Waals surface area contributed by atoms with Gasteiger partial charge in [-0.25, -0.2) is 0 Å². The van der Waals surface area contributed by atoms with E-state index in [9.17, 15) is 14.4 Å². The Labute approximate surface area is 405 Å². The van der Waals surface area contributed by atoms with Crippen molar-refractivity contribution in [2.45, 2.75) is 226 Å². The predicted octanol–water partition coefficient (Wildman–Crippen LogP) is 17.7. The maximum Gasteiger partial charge on any atom is 0.306 e. The molecule has 1 atom stereocenters. The van der Waals surface area contributed by atoms with Crippen LogP contribution in [-0.4, -0.2) is 37.2 Å². The second-order valence-electron chi connectivity index (χ2n) is 17.0. The minimum atomic E-state index is -0.797. The standard InChI is InChI=1S/C60H96O6/c1-4-7-10-13-16-18-20-22-24-26-28-29-30-31-33-34-36-38-40-42-44-47-50-53-59(62)65-56-57(55-64-58(61)52-49-46-15-12-9-6-3)66-60(63)54-51-48-45-43-41-39-37-35-32-27-25-23-21-19-17-14-11-8-5-2/h7-8,10-11,16-19,22-25,28-29,31-33,35-36,38,57H,4-6,9,12-15,20-21,26-27,30,34,37,39-56H2,1-3H3/b10-7-,11-8-,18-16-,19-17-,24-22-,25-23-,29-28-,33-31-,35-32-,38-36-. The minimum absolute atomic E-state index is 0.0957. The van der Waals surface area contributed by atoms with E-state index in [1.165, 1.54) is 32.1 Å². The lowest BCUT2D eigenvalue weighted by atomic mass is 10.1. The van der Waals surface area contributed by atoms with Gasteiger partial charge in [0, 0.05) is 19.3 Å². The molecule has 0 aromatic heterocycles. The monoisotopic (exact) mass is 913 g/mol. The van der Waals surface area contributed by atoms with Crippen LogP contribution in [0.4, 0.5) is 0 Å². The van der Waals surface area contributed by atoms with Crippen molar-refractivity contribution in [1.82, 2.24) is 0 Å². The van der Waals surface area contributed by atoms with Gasteiger partial charge in [0.2, 0.25) is 0 Å². The van der Waals surface area contributed by atoms with E-state index in [1.807, 2.05) is 0 Å². The summed E-state index contributed by atoms with van der Waals surface area (Å²) in [5, 5.41) is 0. The molecule has 66 heavy (non-hydrogen) atoms. The van der Waals surface area contributed by atoms with Gasteiger partial charge in [-0.2, -0.15) is 0 Å². The third kappa shape index (κ3) is 50.8. The van der Waals surface area contributed by atoms with E-state index >= 15 is 0 Å². The van der Waals surface area contributed by atoms with E-state index < -0.39 is 6.10 Å². The van der Waals surface area contributed by atoms with E-state index in [2.05, 4.69) is 142 Å². The summed E-state index contributed by atoms with van der Waals surface area (Å²) in [6.45, 7) is 6.30. The molecule has 0 amide bonds. The predicted molar refractivity (Wildman–Crippen MR) is 283 cm³/mol. The molecule has 6 heteroatoms. The fourth-order valence-corrected chi connectivity index (χ4v) is 6.79. The molecule has 0 aliphatic rings. The van der Waals surface area contributed by atoms with Crippen LogP contribution >= 0.6 is 0 Å². The first kappa shape index (κ1) is 61.8. The highest BCUT2D eigenvalue weighted by Crippen LogP contribution is 2.13. The number of unbranched alkanes of at least 4 members (excludes halogenated alkanes) is 15. The van der Waals surface area contributed by atoms with Gasteiger partial charge in [-0.05, 0) is 109 Å². The highest BCUT2D eigenvalue weighted by Gasteiger charge is 2.19. The smallest absolute Gasteiger partial charge is 0.306 e. The molecule has 372 valence electrons. The molecule has 0 aliphatic carbocycles. The van der Waals surface area contributed by atoms with Gasteiger partial charge >= 0.3 is 17.9 Å². The SMILES string of the molecule is CC/C=C\C/C=C\C/C=C\C/C=C\C/C=C\C/C=C\CCCCCCC(=O)OCC(COC(=O)CCCCCCCC)OC(=O)CCCCCCCC/C=C\C/C=C\C/C=C\C/C=C\CC. The Morgan fingerprint density at radius 1 is 0.318 bits per heavy atom. The molecule has 0 bridgehead atoms. The molecule has 0 fully saturated rings. The van der Waals surface area contributed by atoms with Gasteiger partial charge < -0.3 is 14.2 Å². The fourth-order valence-electron chi connectivity index (χ4n) is 6.79. The number of esters is 3. The average molecular weight is 913 g/mol. The number of ether oxygens (including phenoxy) is 3. The summed E-state index contributed by atoms with van der Waals surface area (Å²) < 4.78 is 16.7. The zero-order valence-electron chi connectivity index (χ0n) is 42.4. The van der Waals surface area contributed by atoms with E-state index in [0.717, 1.165) is 148 Å². The van der Waals surface area contributed by atoms with Crippen LogP contribution < -0.4 is 0 Å². The first-order chi connectivity index (χ1) is 32.5. The summed E-state index contributed by atoms with van der Waals surface area (Å²) in [7, 11) is 0. The van der Waals surface area contributed by atoms with Crippen LogP contribution in [0.3, 0.4) is 0 Å².